The van der Waals surface area contributed by atoms with Crippen LogP contribution in [0.15, 0.2) is 77.4 Å². The first-order valence-electron chi connectivity index (χ1n) is 14.3. The monoisotopic (exact) mass is 634 g/mol. The molecule has 0 aliphatic heterocycles. The van der Waals surface area contributed by atoms with Crippen LogP contribution in [0.4, 0.5) is 18.0 Å². The molecule has 2 aromatic heterocycles. The number of amides is 2. The number of aryl methyl sites for hydroxylation is 5. The van der Waals surface area contributed by atoms with E-state index in [4.69, 9.17) is 0 Å². The molecule has 8 nitrogen and oxygen atoms in total. The summed E-state index contributed by atoms with van der Waals surface area (Å²) < 4.78 is 44.7. The van der Waals surface area contributed by atoms with Gasteiger partial charge in [-0.15, -0.1) is 29.6 Å². The van der Waals surface area contributed by atoms with Crippen molar-refractivity contribution in [3.63, 3.8) is 0 Å². The Kier molecular flexibility index (Phi) is 9.24. The van der Waals surface area contributed by atoms with Crippen molar-refractivity contribution in [3.8, 4) is 28.5 Å². The van der Waals surface area contributed by atoms with E-state index in [1.165, 1.54) is 52.2 Å². The van der Waals surface area contributed by atoms with Crippen molar-refractivity contribution < 1.29 is 22.7 Å². The molecule has 0 radical (unpaired) electrons. The average molecular weight is 635 g/mol. The third-order valence-electron chi connectivity index (χ3n) is 7.21. The molecule has 0 saturated carbocycles. The highest BCUT2D eigenvalue weighted by molar-refractivity contribution is 7.07. The Morgan fingerprint density at radius 3 is 2.33 bits per heavy atom. The van der Waals surface area contributed by atoms with Crippen molar-refractivity contribution in [2.24, 2.45) is 4.99 Å². The number of rotatable bonds is 8. The minimum absolute atomic E-state index is 0.0939. The second-order valence-corrected chi connectivity index (χ2v) is 11.8. The van der Waals surface area contributed by atoms with E-state index in [2.05, 4.69) is 58.0 Å². The fourth-order valence-corrected chi connectivity index (χ4v) is 6.05. The second-order valence-electron chi connectivity index (χ2n) is 11.0. The molecule has 0 aliphatic rings. The van der Waals surface area contributed by atoms with Crippen molar-refractivity contribution in [1.29, 1.82) is 0 Å². The number of alkyl halides is 3. The predicted octanol–water partition coefficient (Wildman–Crippen LogP) is 7.55. The maximum atomic E-state index is 12.9. The highest BCUT2D eigenvalue weighted by Crippen LogP contribution is 2.25. The number of carbonyl (C=O) groups excluding carboxylic acids is 1. The van der Waals surface area contributed by atoms with E-state index in [1.807, 2.05) is 48.1 Å². The zero-order valence-corrected chi connectivity index (χ0v) is 26.3. The first-order chi connectivity index (χ1) is 21.4. The van der Waals surface area contributed by atoms with E-state index in [9.17, 15) is 18.0 Å². The van der Waals surface area contributed by atoms with Gasteiger partial charge in [-0.25, -0.2) is 14.5 Å². The SMILES string of the molecule is Cc1cc(C)c(-n2c(C)cs/c2=N\C(=O)NC(C)CCc2ccc(-c3ncn(-c4ccc(OC(F)(F)F)cc4)n3)cc2)c(C)c1. The fourth-order valence-electron chi connectivity index (χ4n) is 5.19. The molecule has 0 aliphatic carbocycles. The lowest BCUT2D eigenvalue weighted by Gasteiger charge is -2.15. The molecule has 0 fully saturated rings. The Labute approximate surface area is 262 Å². The van der Waals surface area contributed by atoms with E-state index in [1.54, 1.807) is 0 Å². The van der Waals surface area contributed by atoms with Gasteiger partial charge in [-0.05, 0) is 88.4 Å². The number of thiazole rings is 1. The van der Waals surface area contributed by atoms with Gasteiger partial charge in [0.15, 0.2) is 10.6 Å². The summed E-state index contributed by atoms with van der Waals surface area (Å²) >= 11 is 1.44. The number of carbonyl (C=O) groups is 1. The summed E-state index contributed by atoms with van der Waals surface area (Å²) in [4.78, 5) is 22.3. The molecule has 0 bridgehead atoms. The molecule has 2 heterocycles. The van der Waals surface area contributed by atoms with Gasteiger partial charge in [0.1, 0.15) is 12.1 Å². The number of nitrogens with zero attached hydrogens (tertiary/aromatic N) is 5. The molecular formula is C33H33F3N6O2S. The van der Waals surface area contributed by atoms with E-state index in [0.717, 1.165) is 46.5 Å². The summed E-state index contributed by atoms with van der Waals surface area (Å²) in [6, 6.07) is 17.0. The topological polar surface area (TPSA) is 86.3 Å². The summed E-state index contributed by atoms with van der Waals surface area (Å²) in [5.74, 6) is 0.177. The van der Waals surface area contributed by atoms with Crippen LogP contribution in [0, 0.1) is 27.7 Å². The van der Waals surface area contributed by atoms with Gasteiger partial charge in [0.25, 0.3) is 0 Å². The van der Waals surface area contributed by atoms with Crippen molar-refractivity contribution >= 4 is 17.4 Å². The van der Waals surface area contributed by atoms with Gasteiger partial charge in [0.2, 0.25) is 0 Å². The zero-order valence-electron chi connectivity index (χ0n) is 25.5. The molecule has 1 atom stereocenters. The number of hydrogen-bond donors (Lipinski definition) is 1. The Morgan fingerprint density at radius 2 is 1.69 bits per heavy atom. The molecule has 5 rings (SSSR count). The third-order valence-corrected chi connectivity index (χ3v) is 8.15. The number of benzene rings is 3. The fraction of sp³-hybridized carbons (Fsp3) is 0.273. The van der Waals surface area contributed by atoms with Crippen LogP contribution in [0.2, 0.25) is 0 Å². The third kappa shape index (κ3) is 7.88. The van der Waals surface area contributed by atoms with Crippen LogP contribution < -0.4 is 14.9 Å². The van der Waals surface area contributed by atoms with Gasteiger partial charge in [-0.2, -0.15) is 4.99 Å². The number of nitrogens with one attached hydrogen (secondary N) is 1. The summed E-state index contributed by atoms with van der Waals surface area (Å²) in [6.07, 6.45) is -1.78. The van der Waals surface area contributed by atoms with Gasteiger partial charge < -0.3 is 10.1 Å². The summed E-state index contributed by atoms with van der Waals surface area (Å²) in [5, 5.41) is 9.45. The van der Waals surface area contributed by atoms with Crippen LogP contribution in [-0.4, -0.2) is 37.8 Å². The minimum Gasteiger partial charge on any atom is -0.406 e. The van der Waals surface area contributed by atoms with Crippen molar-refractivity contribution in [1.82, 2.24) is 24.6 Å². The molecule has 45 heavy (non-hydrogen) atoms. The minimum atomic E-state index is -4.75. The summed E-state index contributed by atoms with van der Waals surface area (Å²) in [5.41, 5.74) is 7.97. The lowest BCUT2D eigenvalue weighted by molar-refractivity contribution is -0.274. The molecule has 234 valence electrons. The molecule has 0 saturated heterocycles. The maximum absolute atomic E-state index is 12.9. The smallest absolute Gasteiger partial charge is 0.406 e. The molecule has 3 aromatic carbocycles. The first-order valence-corrected chi connectivity index (χ1v) is 15.2. The summed E-state index contributed by atoms with van der Waals surface area (Å²) in [7, 11) is 0. The van der Waals surface area contributed by atoms with Crippen LogP contribution >= 0.6 is 11.3 Å². The predicted molar refractivity (Wildman–Crippen MR) is 168 cm³/mol. The molecular weight excluding hydrogens is 601 g/mol. The van der Waals surface area contributed by atoms with E-state index < -0.39 is 6.36 Å². The lowest BCUT2D eigenvalue weighted by Crippen LogP contribution is -2.32. The molecule has 0 spiro atoms. The molecule has 1 unspecified atom stereocenters. The largest absolute Gasteiger partial charge is 0.573 e. The van der Waals surface area contributed by atoms with Gasteiger partial charge in [0, 0.05) is 22.7 Å². The molecule has 2 amide bonds. The molecule has 1 N–H and O–H groups in total. The van der Waals surface area contributed by atoms with Crippen molar-refractivity contribution in [2.75, 3.05) is 0 Å². The van der Waals surface area contributed by atoms with Crippen LogP contribution in [0.5, 0.6) is 5.75 Å². The lowest BCUT2D eigenvalue weighted by atomic mass is 10.0. The Bertz CT molecular complexity index is 1850. The van der Waals surface area contributed by atoms with Crippen molar-refractivity contribution in [2.45, 2.75) is 59.9 Å². The molecule has 5 aromatic rings. The van der Waals surface area contributed by atoms with E-state index >= 15 is 0 Å². The van der Waals surface area contributed by atoms with Gasteiger partial charge in [0.05, 0.1) is 11.4 Å². The average Bonchev–Trinajstić information content (AvgIpc) is 3.59. The maximum Gasteiger partial charge on any atom is 0.573 e. The van der Waals surface area contributed by atoms with Crippen molar-refractivity contribution in [3.05, 3.63) is 105 Å². The highest BCUT2D eigenvalue weighted by Gasteiger charge is 2.31. The molecule has 12 heteroatoms. The number of ether oxygens (including phenoxy) is 1. The van der Waals surface area contributed by atoms with Gasteiger partial charge >= 0.3 is 12.4 Å². The van der Waals surface area contributed by atoms with E-state index in [-0.39, 0.29) is 17.8 Å². The van der Waals surface area contributed by atoms with Crippen LogP contribution in [0.25, 0.3) is 22.8 Å². The van der Waals surface area contributed by atoms with Gasteiger partial charge in [-0.1, -0.05) is 42.0 Å². The quantitative estimate of drug-likeness (QED) is 0.191. The van der Waals surface area contributed by atoms with Crippen LogP contribution in [0.1, 0.15) is 41.3 Å². The van der Waals surface area contributed by atoms with E-state index in [0.29, 0.717) is 16.3 Å². The summed E-state index contributed by atoms with van der Waals surface area (Å²) in [6.45, 7) is 10.2. The Hall–Kier alpha value is -4.71. The standard InChI is InChI=1S/C33H33F3N6O2S/c1-20-16-21(2)29(22(3)17-20)42-24(5)18-45-32(42)39-31(43)38-23(4)6-7-25-8-10-26(11-9-25)30-37-19-41(40-30)27-12-14-28(15-13-27)44-33(34,35)36/h8-19,23H,6-7H2,1-5H3,(H,38,43)/b39-32-. The highest BCUT2D eigenvalue weighted by atomic mass is 32.1. The normalized spacial score (nSPS) is 12.8. The number of urea groups is 1. The first kappa shape index (κ1) is 31.7. The second kappa shape index (κ2) is 13.1. The van der Waals surface area contributed by atoms with Crippen LogP contribution in [0.3, 0.4) is 0 Å². The Balaban J connectivity index is 1.18. The number of hydrogen-bond acceptors (Lipinski definition) is 5. The Morgan fingerprint density at radius 1 is 1.02 bits per heavy atom. The number of halogens is 3. The van der Waals surface area contributed by atoms with Gasteiger partial charge in [-0.3, -0.25) is 4.57 Å². The zero-order chi connectivity index (χ0) is 32.3. The van der Waals surface area contributed by atoms with Crippen LogP contribution in [-0.2, 0) is 6.42 Å². The number of aromatic nitrogens is 4.